The molecule has 0 unspecified atom stereocenters. The zero-order valence-electron chi connectivity index (χ0n) is 14.0. The molecule has 0 saturated carbocycles. The number of benzene rings is 1. The van der Waals surface area contributed by atoms with Gasteiger partial charge in [-0.05, 0) is 17.5 Å². The molecule has 0 radical (unpaired) electrons. The summed E-state index contributed by atoms with van der Waals surface area (Å²) >= 11 is 1.65. The quantitative estimate of drug-likeness (QED) is 0.807. The number of thiazole rings is 1. The number of hydrogen-bond acceptors (Lipinski definition) is 5. The summed E-state index contributed by atoms with van der Waals surface area (Å²) in [7, 11) is 1.70. The minimum absolute atomic E-state index is 0.242. The number of hydrogen-bond donors (Lipinski definition) is 0. The molecule has 24 heavy (non-hydrogen) atoms. The molecule has 1 saturated heterocycles. The molecule has 1 amide bonds. The van der Waals surface area contributed by atoms with Crippen LogP contribution >= 0.6 is 11.3 Å². The summed E-state index contributed by atoms with van der Waals surface area (Å²) in [5.74, 6) is 0.242. The molecule has 6 heteroatoms. The van der Waals surface area contributed by atoms with E-state index in [9.17, 15) is 4.79 Å². The monoisotopic (exact) mass is 345 g/mol. The van der Waals surface area contributed by atoms with Gasteiger partial charge < -0.3 is 14.5 Å². The highest BCUT2D eigenvalue weighted by Crippen LogP contribution is 2.19. The Hall–Kier alpha value is -1.92. The van der Waals surface area contributed by atoms with E-state index in [0.29, 0.717) is 13.0 Å². The van der Waals surface area contributed by atoms with Crippen molar-refractivity contribution in [2.45, 2.75) is 19.4 Å². The lowest BCUT2D eigenvalue weighted by Gasteiger charge is -2.34. The standard InChI is InChI=1S/C18H23N3O2S/c1-23-14-16-4-2-3-15(13-16)5-6-17(22)20-8-10-21(11-9-20)18-19-7-12-24-18/h2-4,7,12-13H,5-6,8-11,14H2,1H3. The van der Waals surface area contributed by atoms with Gasteiger partial charge in [0.2, 0.25) is 5.91 Å². The van der Waals surface area contributed by atoms with Crippen LogP contribution < -0.4 is 4.90 Å². The van der Waals surface area contributed by atoms with Crippen molar-refractivity contribution in [2.24, 2.45) is 0 Å². The summed E-state index contributed by atoms with van der Waals surface area (Å²) in [6, 6.07) is 8.28. The molecule has 1 aromatic carbocycles. The second kappa shape index (κ2) is 8.26. The average molecular weight is 345 g/mol. The third kappa shape index (κ3) is 4.33. The number of carbonyl (C=O) groups is 1. The lowest BCUT2D eigenvalue weighted by molar-refractivity contribution is -0.131. The van der Waals surface area contributed by atoms with Crippen molar-refractivity contribution in [1.82, 2.24) is 9.88 Å². The van der Waals surface area contributed by atoms with Gasteiger partial charge in [-0.3, -0.25) is 4.79 Å². The number of carbonyl (C=O) groups excluding carboxylic acids is 1. The summed E-state index contributed by atoms with van der Waals surface area (Å²) in [5.41, 5.74) is 2.35. The summed E-state index contributed by atoms with van der Waals surface area (Å²) in [6.07, 6.45) is 3.17. The number of aromatic nitrogens is 1. The van der Waals surface area contributed by atoms with E-state index < -0.39 is 0 Å². The fourth-order valence-electron chi connectivity index (χ4n) is 2.97. The Morgan fingerprint density at radius 2 is 2.04 bits per heavy atom. The zero-order chi connectivity index (χ0) is 16.8. The number of anilines is 1. The van der Waals surface area contributed by atoms with Crippen molar-refractivity contribution in [3.63, 3.8) is 0 Å². The maximum Gasteiger partial charge on any atom is 0.223 e. The van der Waals surface area contributed by atoms with E-state index in [1.165, 1.54) is 5.56 Å². The Kier molecular flexibility index (Phi) is 5.82. The van der Waals surface area contributed by atoms with Gasteiger partial charge in [0, 0.05) is 51.3 Å². The molecule has 5 nitrogen and oxygen atoms in total. The first kappa shape index (κ1) is 16.9. The third-order valence-electron chi connectivity index (χ3n) is 4.25. The van der Waals surface area contributed by atoms with Gasteiger partial charge in [0.1, 0.15) is 0 Å². The smallest absolute Gasteiger partial charge is 0.223 e. The van der Waals surface area contributed by atoms with Gasteiger partial charge >= 0.3 is 0 Å². The maximum absolute atomic E-state index is 12.4. The molecule has 1 aliphatic rings. The molecule has 0 N–H and O–H groups in total. The predicted octanol–water partition coefficient (Wildman–Crippen LogP) is 2.57. The molecule has 0 spiro atoms. The zero-order valence-corrected chi connectivity index (χ0v) is 14.8. The number of nitrogens with zero attached hydrogens (tertiary/aromatic N) is 3. The van der Waals surface area contributed by atoms with Gasteiger partial charge in [-0.15, -0.1) is 11.3 Å². The van der Waals surface area contributed by atoms with Crippen molar-refractivity contribution in [1.29, 1.82) is 0 Å². The van der Waals surface area contributed by atoms with Gasteiger partial charge in [-0.25, -0.2) is 4.98 Å². The topological polar surface area (TPSA) is 45.7 Å². The molecule has 2 heterocycles. The highest BCUT2D eigenvalue weighted by atomic mass is 32.1. The first-order valence-electron chi connectivity index (χ1n) is 8.25. The maximum atomic E-state index is 12.4. The Balaban J connectivity index is 1.47. The minimum atomic E-state index is 0.242. The molecule has 3 rings (SSSR count). The van der Waals surface area contributed by atoms with Gasteiger partial charge in [0.15, 0.2) is 5.13 Å². The number of amides is 1. The second-order valence-corrected chi connectivity index (χ2v) is 6.81. The Bertz CT molecular complexity index is 652. The predicted molar refractivity (Wildman–Crippen MR) is 96.4 cm³/mol. The van der Waals surface area contributed by atoms with Crippen molar-refractivity contribution >= 4 is 22.4 Å². The SMILES string of the molecule is COCc1cccc(CCC(=O)N2CCN(c3nccs3)CC2)c1. The molecule has 1 aromatic heterocycles. The van der Waals surface area contributed by atoms with E-state index in [2.05, 4.69) is 22.0 Å². The number of aryl methyl sites for hydroxylation is 1. The number of methoxy groups -OCH3 is 1. The van der Waals surface area contributed by atoms with Crippen LogP contribution in [0, 0.1) is 0 Å². The van der Waals surface area contributed by atoms with Gasteiger partial charge in [-0.2, -0.15) is 0 Å². The van der Waals surface area contributed by atoms with Gasteiger partial charge in [0.25, 0.3) is 0 Å². The third-order valence-corrected chi connectivity index (χ3v) is 5.08. The van der Waals surface area contributed by atoms with Crippen LogP contribution in [0.25, 0.3) is 0 Å². The molecule has 0 atom stereocenters. The largest absolute Gasteiger partial charge is 0.380 e. The lowest BCUT2D eigenvalue weighted by atomic mass is 10.1. The van der Waals surface area contributed by atoms with Crippen molar-refractivity contribution < 1.29 is 9.53 Å². The van der Waals surface area contributed by atoms with Crippen molar-refractivity contribution in [3.05, 3.63) is 47.0 Å². The summed E-state index contributed by atoms with van der Waals surface area (Å²) < 4.78 is 5.16. The van der Waals surface area contributed by atoms with E-state index in [1.54, 1.807) is 18.4 Å². The van der Waals surface area contributed by atoms with Crippen LogP contribution in [0.15, 0.2) is 35.8 Å². The second-order valence-electron chi connectivity index (χ2n) is 5.94. The van der Waals surface area contributed by atoms with Gasteiger partial charge in [-0.1, -0.05) is 24.3 Å². The molecule has 1 aliphatic heterocycles. The summed E-state index contributed by atoms with van der Waals surface area (Å²) in [6.45, 7) is 3.90. The van der Waals surface area contributed by atoms with E-state index in [4.69, 9.17) is 4.74 Å². The average Bonchev–Trinajstić information content (AvgIpc) is 3.15. The first-order valence-corrected chi connectivity index (χ1v) is 9.13. The van der Waals surface area contributed by atoms with Crippen molar-refractivity contribution in [2.75, 3.05) is 38.2 Å². The molecule has 0 bridgehead atoms. The van der Waals surface area contributed by atoms with E-state index in [1.807, 2.05) is 28.6 Å². The molecular weight excluding hydrogens is 322 g/mol. The summed E-state index contributed by atoms with van der Waals surface area (Å²) in [4.78, 5) is 21.0. The number of piperazine rings is 1. The van der Waals surface area contributed by atoms with Crippen LogP contribution in [0.2, 0.25) is 0 Å². The highest BCUT2D eigenvalue weighted by Gasteiger charge is 2.22. The van der Waals surface area contributed by atoms with E-state index >= 15 is 0 Å². The fraction of sp³-hybridized carbons (Fsp3) is 0.444. The van der Waals surface area contributed by atoms with E-state index in [-0.39, 0.29) is 5.91 Å². The Labute approximate surface area is 146 Å². The molecule has 2 aromatic rings. The van der Waals surface area contributed by atoms with E-state index in [0.717, 1.165) is 43.3 Å². The van der Waals surface area contributed by atoms with Crippen LogP contribution in [0.1, 0.15) is 17.5 Å². The highest BCUT2D eigenvalue weighted by molar-refractivity contribution is 7.13. The van der Waals surface area contributed by atoms with Crippen LogP contribution in [0.4, 0.5) is 5.13 Å². The van der Waals surface area contributed by atoms with Crippen LogP contribution in [-0.2, 0) is 22.6 Å². The van der Waals surface area contributed by atoms with Crippen LogP contribution in [0.5, 0.6) is 0 Å². The molecule has 0 aliphatic carbocycles. The summed E-state index contributed by atoms with van der Waals surface area (Å²) in [5, 5.41) is 3.04. The first-order chi connectivity index (χ1) is 11.8. The number of ether oxygens (including phenoxy) is 1. The molecular formula is C18H23N3O2S. The molecule has 128 valence electrons. The minimum Gasteiger partial charge on any atom is -0.380 e. The normalized spacial score (nSPS) is 14.9. The van der Waals surface area contributed by atoms with Gasteiger partial charge in [0.05, 0.1) is 6.61 Å². The molecule has 1 fully saturated rings. The van der Waals surface area contributed by atoms with Crippen LogP contribution in [0.3, 0.4) is 0 Å². The Morgan fingerprint density at radius 3 is 2.75 bits per heavy atom. The van der Waals surface area contributed by atoms with Crippen molar-refractivity contribution in [3.8, 4) is 0 Å². The lowest BCUT2D eigenvalue weighted by Crippen LogP contribution is -2.48. The number of rotatable bonds is 6. The Morgan fingerprint density at radius 1 is 1.25 bits per heavy atom. The fourth-order valence-corrected chi connectivity index (χ4v) is 3.67. The van der Waals surface area contributed by atoms with Crippen LogP contribution in [-0.4, -0.2) is 49.1 Å².